The van der Waals surface area contributed by atoms with Crippen LogP contribution in [0.3, 0.4) is 0 Å². The van der Waals surface area contributed by atoms with Gasteiger partial charge in [-0.15, -0.1) is 0 Å². The Morgan fingerprint density at radius 1 is 0.875 bits per heavy atom. The van der Waals surface area contributed by atoms with Crippen LogP contribution in [0.15, 0.2) is 45.6 Å². The van der Waals surface area contributed by atoms with Gasteiger partial charge in [0.25, 0.3) is 0 Å². The maximum atomic E-state index is 12.7. The third kappa shape index (κ3) is 2.58. The maximum absolute atomic E-state index is 12.7. The molecule has 0 saturated carbocycles. The predicted octanol–water partition coefficient (Wildman–Crippen LogP) is 3.79. The molecule has 0 amide bonds. The third-order valence-corrected chi connectivity index (χ3v) is 3.86. The molecule has 24 heavy (non-hydrogen) atoms. The molecule has 0 unspecified atom stereocenters. The monoisotopic (exact) mass is 326 g/mol. The largest absolute Gasteiger partial charge is 0.493 e. The zero-order valence-corrected chi connectivity index (χ0v) is 14.0. The number of hydrogen-bond donors (Lipinski definition) is 0. The summed E-state index contributed by atoms with van der Waals surface area (Å²) in [7, 11) is 4.58. The Morgan fingerprint density at radius 2 is 1.62 bits per heavy atom. The van der Waals surface area contributed by atoms with Gasteiger partial charge in [0, 0.05) is 5.56 Å². The summed E-state index contributed by atoms with van der Waals surface area (Å²) < 4.78 is 21.9. The van der Waals surface area contributed by atoms with E-state index in [1.807, 2.05) is 19.1 Å². The fourth-order valence-corrected chi connectivity index (χ4v) is 2.64. The Kier molecular flexibility index (Phi) is 4.16. The van der Waals surface area contributed by atoms with Crippen LogP contribution in [0.5, 0.6) is 17.2 Å². The van der Waals surface area contributed by atoms with Crippen LogP contribution in [0.2, 0.25) is 0 Å². The molecule has 0 aliphatic carbocycles. The topological polar surface area (TPSA) is 57.9 Å². The van der Waals surface area contributed by atoms with Crippen LogP contribution in [0, 0.1) is 6.92 Å². The molecule has 3 aromatic rings. The summed E-state index contributed by atoms with van der Waals surface area (Å²) in [6, 6.07) is 10.8. The lowest BCUT2D eigenvalue weighted by Gasteiger charge is -2.12. The first kappa shape index (κ1) is 15.9. The molecule has 3 rings (SSSR count). The van der Waals surface area contributed by atoms with Crippen LogP contribution in [0.1, 0.15) is 5.56 Å². The first-order valence-electron chi connectivity index (χ1n) is 7.43. The molecule has 2 aromatic carbocycles. The van der Waals surface area contributed by atoms with Gasteiger partial charge in [-0.05, 0) is 42.8 Å². The van der Waals surface area contributed by atoms with Crippen molar-refractivity contribution in [1.82, 2.24) is 0 Å². The van der Waals surface area contributed by atoms with Crippen molar-refractivity contribution in [3.8, 4) is 28.6 Å². The lowest BCUT2D eigenvalue weighted by molar-refractivity contribution is 0.355. The zero-order chi connectivity index (χ0) is 17.3. The van der Waals surface area contributed by atoms with Crippen LogP contribution in [-0.4, -0.2) is 21.3 Å². The lowest BCUT2D eigenvalue weighted by Crippen LogP contribution is -2.07. The molecule has 0 aliphatic heterocycles. The summed E-state index contributed by atoms with van der Waals surface area (Å²) >= 11 is 0. The first-order chi connectivity index (χ1) is 11.6. The quantitative estimate of drug-likeness (QED) is 0.730. The Bertz CT molecular complexity index is 956. The van der Waals surface area contributed by atoms with Crippen LogP contribution < -0.4 is 19.6 Å². The van der Waals surface area contributed by atoms with Crippen molar-refractivity contribution in [3.63, 3.8) is 0 Å². The van der Waals surface area contributed by atoms with Crippen LogP contribution in [0.25, 0.3) is 22.3 Å². The molecule has 124 valence electrons. The average molecular weight is 326 g/mol. The Balaban J connectivity index is 2.31. The van der Waals surface area contributed by atoms with E-state index in [1.165, 1.54) is 7.11 Å². The molecule has 5 heteroatoms. The van der Waals surface area contributed by atoms with Gasteiger partial charge < -0.3 is 18.6 Å². The SMILES string of the molecule is COc1ccc(-c2oc3cc(C)ccc3c(=O)c2OC)cc1OC. The molecule has 0 aliphatic rings. The number of fused-ring (bicyclic) bond motifs is 1. The number of ether oxygens (including phenoxy) is 3. The van der Waals surface area contributed by atoms with Crippen molar-refractivity contribution in [3.05, 3.63) is 52.2 Å². The average Bonchev–Trinajstić information content (AvgIpc) is 2.60. The minimum Gasteiger partial charge on any atom is -0.493 e. The molecule has 0 fully saturated rings. The summed E-state index contributed by atoms with van der Waals surface area (Å²) in [5.41, 5.74) is 1.99. The predicted molar refractivity (Wildman–Crippen MR) is 92.3 cm³/mol. The molecule has 0 spiro atoms. The van der Waals surface area contributed by atoms with Gasteiger partial charge in [-0.3, -0.25) is 4.79 Å². The van der Waals surface area contributed by atoms with Crippen LogP contribution in [-0.2, 0) is 0 Å². The second-order valence-corrected chi connectivity index (χ2v) is 5.36. The van der Waals surface area contributed by atoms with E-state index in [2.05, 4.69) is 0 Å². The number of hydrogen-bond acceptors (Lipinski definition) is 5. The minimum atomic E-state index is -0.205. The first-order valence-corrected chi connectivity index (χ1v) is 7.43. The van der Waals surface area contributed by atoms with Gasteiger partial charge in [0.05, 0.1) is 26.7 Å². The normalized spacial score (nSPS) is 10.7. The Morgan fingerprint density at radius 3 is 2.29 bits per heavy atom. The van der Waals surface area contributed by atoms with E-state index in [0.29, 0.717) is 33.8 Å². The van der Waals surface area contributed by atoms with Gasteiger partial charge in [0.15, 0.2) is 17.3 Å². The Hall–Kier alpha value is -2.95. The lowest BCUT2D eigenvalue weighted by atomic mass is 10.1. The van der Waals surface area contributed by atoms with Crippen molar-refractivity contribution in [2.75, 3.05) is 21.3 Å². The zero-order valence-electron chi connectivity index (χ0n) is 14.0. The number of benzene rings is 2. The molecule has 0 bridgehead atoms. The summed E-state index contributed by atoms with van der Waals surface area (Å²) in [6.07, 6.45) is 0. The summed E-state index contributed by atoms with van der Waals surface area (Å²) in [5, 5.41) is 0.488. The van der Waals surface area contributed by atoms with E-state index in [-0.39, 0.29) is 11.2 Å². The fourth-order valence-electron chi connectivity index (χ4n) is 2.64. The van der Waals surface area contributed by atoms with Crippen molar-refractivity contribution in [1.29, 1.82) is 0 Å². The summed E-state index contributed by atoms with van der Waals surface area (Å²) in [5.74, 6) is 1.67. The fraction of sp³-hybridized carbons (Fsp3) is 0.211. The number of rotatable bonds is 4. The molecule has 1 heterocycles. The van der Waals surface area contributed by atoms with Crippen molar-refractivity contribution >= 4 is 11.0 Å². The van der Waals surface area contributed by atoms with Gasteiger partial charge in [0.1, 0.15) is 5.58 Å². The van der Waals surface area contributed by atoms with E-state index in [4.69, 9.17) is 18.6 Å². The van der Waals surface area contributed by atoms with E-state index < -0.39 is 0 Å². The van der Waals surface area contributed by atoms with E-state index in [1.54, 1.807) is 38.5 Å². The summed E-state index contributed by atoms with van der Waals surface area (Å²) in [6.45, 7) is 1.94. The van der Waals surface area contributed by atoms with Crippen molar-refractivity contribution < 1.29 is 18.6 Å². The van der Waals surface area contributed by atoms with Gasteiger partial charge in [-0.2, -0.15) is 0 Å². The Labute approximate surface area is 139 Å². The maximum Gasteiger partial charge on any atom is 0.235 e. The van der Waals surface area contributed by atoms with Crippen LogP contribution >= 0.6 is 0 Å². The van der Waals surface area contributed by atoms with Gasteiger partial charge >= 0.3 is 0 Å². The highest BCUT2D eigenvalue weighted by molar-refractivity contribution is 5.82. The second-order valence-electron chi connectivity index (χ2n) is 5.36. The van der Waals surface area contributed by atoms with Crippen molar-refractivity contribution in [2.45, 2.75) is 6.92 Å². The third-order valence-electron chi connectivity index (χ3n) is 3.86. The van der Waals surface area contributed by atoms with E-state index in [9.17, 15) is 4.79 Å². The van der Waals surface area contributed by atoms with E-state index >= 15 is 0 Å². The van der Waals surface area contributed by atoms with Gasteiger partial charge in [0.2, 0.25) is 11.2 Å². The highest BCUT2D eigenvalue weighted by atomic mass is 16.5. The molecular weight excluding hydrogens is 308 g/mol. The van der Waals surface area contributed by atoms with Gasteiger partial charge in [-0.25, -0.2) is 0 Å². The minimum absolute atomic E-state index is 0.165. The molecular formula is C19H18O5. The molecule has 1 aromatic heterocycles. The molecule has 0 N–H and O–H groups in total. The van der Waals surface area contributed by atoms with Gasteiger partial charge in [-0.1, -0.05) is 6.07 Å². The highest BCUT2D eigenvalue weighted by Crippen LogP contribution is 2.36. The molecule has 0 radical (unpaired) electrons. The molecule has 0 atom stereocenters. The standard InChI is InChI=1S/C19H18O5/c1-11-5-7-13-15(9-11)24-18(19(23-4)17(13)20)12-6-8-14(21-2)16(10-12)22-3/h5-10H,1-4H3. The smallest absolute Gasteiger partial charge is 0.235 e. The highest BCUT2D eigenvalue weighted by Gasteiger charge is 2.18. The molecule has 0 saturated heterocycles. The second kappa shape index (κ2) is 6.28. The molecule has 5 nitrogen and oxygen atoms in total. The van der Waals surface area contributed by atoms with E-state index in [0.717, 1.165) is 5.56 Å². The number of methoxy groups -OCH3 is 3. The number of aryl methyl sites for hydroxylation is 1. The van der Waals surface area contributed by atoms with Crippen LogP contribution in [0.4, 0.5) is 0 Å². The van der Waals surface area contributed by atoms with Crippen molar-refractivity contribution in [2.24, 2.45) is 0 Å². The summed E-state index contributed by atoms with van der Waals surface area (Å²) in [4.78, 5) is 12.7.